The smallest absolute Gasteiger partial charge is 0.337 e. The summed E-state index contributed by atoms with van der Waals surface area (Å²) in [5.41, 5.74) is 1.23. The lowest BCUT2D eigenvalue weighted by molar-refractivity contribution is -0.327. The van der Waals surface area contributed by atoms with E-state index in [1.807, 2.05) is 0 Å². The van der Waals surface area contributed by atoms with Gasteiger partial charge in [-0.25, -0.2) is 4.79 Å². The minimum Gasteiger partial charge on any atom is -0.508 e. The standard InChI is InChI=1S/C25H32O12/c1-3-15-16(10-19(28)34-9-8-13-4-6-14(27)7-5-13)17(23(32)33-2)12-35-24(15)37-25-22(31)21(30)20(29)18(11-26)36-25/h3-7,12,16,18,20-22,24-27,29-31H,8-11H2,1-2H3/b15-3-. The number of allylic oxidation sites excluding steroid dienone is 1. The second-order valence-corrected chi connectivity index (χ2v) is 8.55. The van der Waals surface area contributed by atoms with Crippen molar-refractivity contribution in [1.29, 1.82) is 0 Å². The first-order valence-electron chi connectivity index (χ1n) is 11.7. The highest BCUT2D eigenvalue weighted by Crippen LogP contribution is 2.36. The largest absolute Gasteiger partial charge is 0.508 e. The maximum Gasteiger partial charge on any atom is 0.337 e. The summed E-state index contributed by atoms with van der Waals surface area (Å²) in [4.78, 5) is 25.1. The number of phenolic OH excluding ortho intramolecular Hbond substituents is 1. The van der Waals surface area contributed by atoms with E-state index in [4.69, 9.17) is 23.7 Å². The summed E-state index contributed by atoms with van der Waals surface area (Å²) >= 11 is 0. The lowest BCUT2D eigenvalue weighted by Crippen LogP contribution is -2.60. The Kier molecular flexibility index (Phi) is 10.0. The van der Waals surface area contributed by atoms with Crippen LogP contribution in [-0.2, 0) is 39.7 Å². The third-order valence-electron chi connectivity index (χ3n) is 6.19. The van der Waals surface area contributed by atoms with Crippen LogP contribution in [0.25, 0.3) is 0 Å². The monoisotopic (exact) mass is 524 g/mol. The number of methoxy groups -OCH3 is 1. The third-order valence-corrected chi connectivity index (χ3v) is 6.19. The van der Waals surface area contributed by atoms with E-state index in [0.29, 0.717) is 12.0 Å². The van der Waals surface area contributed by atoms with Gasteiger partial charge in [-0.2, -0.15) is 0 Å². The van der Waals surface area contributed by atoms with Crippen molar-refractivity contribution >= 4 is 11.9 Å². The van der Waals surface area contributed by atoms with Crippen LogP contribution in [-0.4, -0.2) is 94.8 Å². The molecule has 12 heteroatoms. The van der Waals surface area contributed by atoms with Crippen molar-refractivity contribution in [3.8, 4) is 5.75 Å². The van der Waals surface area contributed by atoms with Crippen LogP contribution in [0, 0.1) is 5.92 Å². The molecule has 12 nitrogen and oxygen atoms in total. The van der Waals surface area contributed by atoms with Crippen molar-refractivity contribution in [3.63, 3.8) is 0 Å². The highest BCUT2D eigenvalue weighted by Gasteiger charge is 2.46. The van der Waals surface area contributed by atoms with Crippen molar-refractivity contribution in [3.05, 3.63) is 53.3 Å². The normalized spacial score (nSPS) is 30.8. The lowest BCUT2D eigenvalue weighted by atomic mass is 9.86. The topological polar surface area (TPSA) is 181 Å². The fourth-order valence-electron chi connectivity index (χ4n) is 4.10. The molecule has 5 N–H and O–H groups in total. The van der Waals surface area contributed by atoms with Crippen LogP contribution >= 0.6 is 0 Å². The average molecular weight is 525 g/mol. The second kappa shape index (κ2) is 13.0. The zero-order chi connectivity index (χ0) is 27.1. The minimum atomic E-state index is -1.67. The number of ether oxygens (including phenoxy) is 5. The number of rotatable bonds is 9. The van der Waals surface area contributed by atoms with Gasteiger partial charge in [-0.15, -0.1) is 0 Å². The number of hydrogen-bond acceptors (Lipinski definition) is 12. The van der Waals surface area contributed by atoms with Crippen LogP contribution in [0.2, 0.25) is 0 Å². The fraction of sp³-hybridized carbons (Fsp3) is 0.520. The Morgan fingerprint density at radius 1 is 1.08 bits per heavy atom. The molecule has 1 aromatic carbocycles. The molecule has 0 amide bonds. The molecule has 0 spiro atoms. The Morgan fingerprint density at radius 3 is 2.41 bits per heavy atom. The average Bonchev–Trinajstić information content (AvgIpc) is 2.89. The van der Waals surface area contributed by atoms with Gasteiger partial charge in [-0.05, 0) is 24.6 Å². The molecule has 1 aromatic rings. The lowest BCUT2D eigenvalue weighted by Gasteiger charge is -2.41. The van der Waals surface area contributed by atoms with Crippen LogP contribution in [0.5, 0.6) is 5.75 Å². The van der Waals surface area contributed by atoms with Crippen molar-refractivity contribution < 1.29 is 58.8 Å². The minimum absolute atomic E-state index is 0.0414. The highest BCUT2D eigenvalue weighted by atomic mass is 16.8. The summed E-state index contributed by atoms with van der Waals surface area (Å²) in [6, 6.07) is 6.47. The Balaban J connectivity index is 1.71. The van der Waals surface area contributed by atoms with Crippen LogP contribution < -0.4 is 0 Å². The van der Waals surface area contributed by atoms with Crippen LogP contribution in [0.4, 0.5) is 0 Å². The van der Waals surface area contributed by atoms with Crippen molar-refractivity contribution in [1.82, 2.24) is 0 Å². The summed E-state index contributed by atoms with van der Waals surface area (Å²) in [5, 5.41) is 49.1. The number of hydrogen-bond donors (Lipinski definition) is 5. The first kappa shape index (κ1) is 28.6. The van der Waals surface area contributed by atoms with E-state index in [1.54, 1.807) is 25.1 Å². The van der Waals surface area contributed by atoms with Crippen LogP contribution in [0.15, 0.2) is 47.7 Å². The quantitative estimate of drug-likeness (QED) is 0.210. The Morgan fingerprint density at radius 2 is 1.78 bits per heavy atom. The highest BCUT2D eigenvalue weighted by molar-refractivity contribution is 5.90. The summed E-state index contributed by atoms with van der Waals surface area (Å²) < 4.78 is 26.8. The van der Waals surface area contributed by atoms with E-state index in [-0.39, 0.29) is 24.4 Å². The first-order chi connectivity index (χ1) is 17.7. The number of aromatic hydroxyl groups is 1. The van der Waals surface area contributed by atoms with Gasteiger partial charge in [-0.1, -0.05) is 18.2 Å². The molecule has 3 rings (SSSR count). The van der Waals surface area contributed by atoms with Gasteiger partial charge in [0.1, 0.15) is 30.2 Å². The summed E-state index contributed by atoms with van der Waals surface area (Å²) in [6.07, 6.45) is -6.02. The number of aliphatic hydroxyl groups is 4. The maximum atomic E-state index is 12.7. The van der Waals surface area contributed by atoms with Gasteiger partial charge in [-0.3, -0.25) is 4.79 Å². The van der Waals surface area contributed by atoms with E-state index in [9.17, 15) is 35.1 Å². The fourth-order valence-corrected chi connectivity index (χ4v) is 4.10. The molecule has 1 saturated heterocycles. The Hall–Kier alpha value is -3.00. The SMILES string of the molecule is C/C=C1\C(OC2OC(CO)C(O)C(O)C2O)OC=C(C(=O)OC)C1CC(=O)OCCc1ccc(O)cc1. The molecule has 0 bridgehead atoms. The van der Waals surface area contributed by atoms with E-state index < -0.39 is 61.5 Å². The van der Waals surface area contributed by atoms with Crippen LogP contribution in [0.3, 0.4) is 0 Å². The third kappa shape index (κ3) is 6.86. The number of carbonyl (C=O) groups is 2. The molecule has 0 radical (unpaired) electrons. The molecule has 1 fully saturated rings. The summed E-state index contributed by atoms with van der Waals surface area (Å²) in [7, 11) is 1.18. The van der Waals surface area contributed by atoms with Gasteiger partial charge in [0.25, 0.3) is 0 Å². The molecule has 2 aliphatic rings. The van der Waals surface area contributed by atoms with Gasteiger partial charge >= 0.3 is 11.9 Å². The van der Waals surface area contributed by atoms with Crippen molar-refractivity contribution in [2.45, 2.75) is 56.8 Å². The van der Waals surface area contributed by atoms with Crippen molar-refractivity contribution in [2.24, 2.45) is 5.92 Å². The zero-order valence-corrected chi connectivity index (χ0v) is 20.4. The molecule has 2 heterocycles. The van der Waals surface area contributed by atoms with Gasteiger partial charge in [0.05, 0.1) is 38.6 Å². The van der Waals surface area contributed by atoms with E-state index in [1.165, 1.54) is 19.2 Å². The summed E-state index contributed by atoms with van der Waals surface area (Å²) in [5.74, 6) is -2.07. The van der Waals surface area contributed by atoms with Gasteiger partial charge in [0, 0.05) is 17.9 Å². The molecular weight excluding hydrogens is 492 g/mol. The number of esters is 2. The zero-order valence-electron chi connectivity index (χ0n) is 20.4. The Bertz CT molecular complexity index is 986. The predicted octanol–water partition coefficient (Wildman–Crippen LogP) is -0.340. The molecule has 0 saturated carbocycles. The second-order valence-electron chi connectivity index (χ2n) is 8.55. The number of benzene rings is 1. The van der Waals surface area contributed by atoms with Crippen molar-refractivity contribution in [2.75, 3.05) is 20.3 Å². The van der Waals surface area contributed by atoms with E-state index in [2.05, 4.69) is 0 Å². The van der Waals surface area contributed by atoms with E-state index in [0.717, 1.165) is 11.8 Å². The molecular formula is C25H32O12. The molecule has 7 unspecified atom stereocenters. The first-order valence-corrected chi connectivity index (χ1v) is 11.7. The number of phenols is 1. The molecule has 7 atom stereocenters. The molecule has 0 aliphatic carbocycles. The molecule has 0 aromatic heterocycles. The maximum absolute atomic E-state index is 12.7. The van der Waals surface area contributed by atoms with E-state index >= 15 is 0 Å². The van der Waals surface area contributed by atoms with Gasteiger partial charge in [0.2, 0.25) is 6.29 Å². The predicted molar refractivity (Wildman–Crippen MR) is 124 cm³/mol. The molecule has 204 valence electrons. The Labute approximate surface area is 213 Å². The van der Waals surface area contributed by atoms with Gasteiger partial charge in [0.15, 0.2) is 6.29 Å². The molecule has 37 heavy (non-hydrogen) atoms. The van der Waals surface area contributed by atoms with Gasteiger partial charge < -0.3 is 49.2 Å². The molecule has 2 aliphatic heterocycles. The number of carbonyl (C=O) groups excluding carboxylic acids is 2. The summed E-state index contributed by atoms with van der Waals surface area (Å²) in [6.45, 7) is 1.06. The van der Waals surface area contributed by atoms with Crippen LogP contribution in [0.1, 0.15) is 18.9 Å². The number of aliphatic hydroxyl groups excluding tert-OH is 4.